The molecule has 2 spiro atoms. The Morgan fingerprint density at radius 1 is 1.00 bits per heavy atom. The fourth-order valence-corrected chi connectivity index (χ4v) is 11.2. The topological polar surface area (TPSA) is 52.9 Å². The van der Waals surface area contributed by atoms with Crippen LogP contribution < -0.4 is 0 Å². The van der Waals surface area contributed by atoms with Gasteiger partial charge in [-0.05, 0) is 94.9 Å². The van der Waals surface area contributed by atoms with Gasteiger partial charge in [-0.3, -0.25) is 4.90 Å². The third-order valence-electron chi connectivity index (χ3n) is 12.7. The maximum atomic E-state index is 14.7. The number of aliphatic hydroxyl groups excluding tert-OH is 1. The van der Waals surface area contributed by atoms with E-state index >= 15 is 0 Å². The molecule has 6 aliphatic rings. The Kier molecular flexibility index (Phi) is 4.79. The number of alkyl halides is 2. The summed E-state index contributed by atoms with van der Waals surface area (Å²) in [5.74, 6) is -2.50. The second kappa shape index (κ2) is 6.76. The minimum atomic E-state index is -2.54. The maximum Gasteiger partial charge on any atom is 0.250 e. The first kappa shape index (κ1) is 24.1. The molecule has 0 aromatic carbocycles. The number of fused-ring (bicyclic) bond motifs is 2. The lowest BCUT2D eigenvalue weighted by atomic mass is 9.58. The Balaban J connectivity index is 1.32. The van der Waals surface area contributed by atoms with E-state index in [9.17, 15) is 19.0 Å². The molecular weight excluding hydrogens is 436 g/mol. The van der Waals surface area contributed by atoms with E-state index in [1.165, 1.54) is 0 Å². The number of hydrogen-bond acceptors (Lipinski definition) is 4. The quantitative estimate of drug-likeness (QED) is 0.582. The third kappa shape index (κ3) is 2.62. The van der Waals surface area contributed by atoms with Crippen LogP contribution >= 0.6 is 0 Å². The highest BCUT2D eigenvalue weighted by atomic mass is 19.3. The Bertz CT molecular complexity index is 876. The molecule has 3 saturated heterocycles. The minimum absolute atomic E-state index is 0.0204. The van der Waals surface area contributed by atoms with Crippen LogP contribution in [-0.2, 0) is 4.74 Å². The average molecular weight is 482 g/mol. The SMILES string of the molecule is CC1C2CCN3C4CC(O)C(C5(C)CCC(C(C)(C)O)O5)C4(C)CCC34C(C)C24CCC1(F)F. The van der Waals surface area contributed by atoms with Gasteiger partial charge in [-0.15, -0.1) is 0 Å². The van der Waals surface area contributed by atoms with E-state index in [1.807, 2.05) is 13.8 Å². The van der Waals surface area contributed by atoms with Crippen molar-refractivity contribution < 1.29 is 23.7 Å². The van der Waals surface area contributed by atoms with E-state index in [4.69, 9.17) is 4.74 Å². The Hall–Kier alpha value is -0.300. The molecule has 0 amide bonds. The van der Waals surface area contributed by atoms with E-state index in [0.717, 1.165) is 45.1 Å². The summed E-state index contributed by atoms with van der Waals surface area (Å²) in [5.41, 5.74) is -1.36. The lowest BCUT2D eigenvalue weighted by Crippen LogP contribution is -2.64. The molecular formula is C28H45F2NO3. The zero-order valence-electron chi connectivity index (χ0n) is 21.9. The van der Waals surface area contributed by atoms with Gasteiger partial charge in [-0.1, -0.05) is 20.8 Å². The summed E-state index contributed by atoms with van der Waals surface area (Å²) in [5, 5.41) is 22.1. The van der Waals surface area contributed by atoms with Gasteiger partial charge in [0.1, 0.15) is 0 Å². The minimum Gasteiger partial charge on any atom is -0.393 e. The number of hydrogen-bond donors (Lipinski definition) is 2. The van der Waals surface area contributed by atoms with E-state index < -0.39 is 29.1 Å². The molecule has 34 heavy (non-hydrogen) atoms. The molecule has 3 aliphatic carbocycles. The van der Waals surface area contributed by atoms with Crippen molar-refractivity contribution in [1.29, 1.82) is 0 Å². The number of rotatable bonds is 2. The van der Waals surface area contributed by atoms with Crippen LogP contribution in [0.4, 0.5) is 8.78 Å². The number of halogens is 2. The Labute approximate surface area is 203 Å². The fourth-order valence-electron chi connectivity index (χ4n) is 11.2. The van der Waals surface area contributed by atoms with Crippen molar-refractivity contribution in [2.45, 2.75) is 134 Å². The molecule has 6 heteroatoms. The van der Waals surface area contributed by atoms with Gasteiger partial charge in [0.2, 0.25) is 0 Å². The number of nitrogens with zero attached hydrogens (tertiary/aromatic N) is 1. The molecule has 0 bridgehead atoms. The van der Waals surface area contributed by atoms with Crippen molar-refractivity contribution in [3.63, 3.8) is 0 Å². The molecule has 11 unspecified atom stereocenters. The first-order chi connectivity index (χ1) is 15.7. The van der Waals surface area contributed by atoms with Crippen molar-refractivity contribution >= 4 is 0 Å². The fraction of sp³-hybridized carbons (Fsp3) is 1.00. The summed E-state index contributed by atoms with van der Waals surface area (Å²) >= 11 is 0. The van der Waals surface area contributed by atoms with Gasteiger partial charge in [-0.2, -0.15) is 0 Å². The van der Waals surface area contributed by atoms with Crippen LogP contribution in [-0.4, -0.2) is 62.6 Å². The Morgan fingerprint density at radius 2 is 1.71 bits per heavy atom. The zero-order valence-corrected chi connectivity index (χ0v) is 21.9. The zero-order chi connectivity index (χ0) is 24.7. The molecule has 4 nitrogen and oxygen atoms in total. The highest BCUT2D eigenvalue weighted by Gasteiger charge is 2.85. The standard InChI is InChI=1S/C28H45F2NO3/c1-16-18-8-14-31-20-15-19(32)22(25(6)9-7-21(34-25)23(3,4)33)24(20,5)10-12-27(31)17(2)26(18,27)11-13-28(16,29)30/h16-22,32-33H,7-15H2,1-6H3. The van der Waals surface area contributed by atoms with Gasteiger partial charge in [-0.25, -0.2) is 8.78 Å². The van der Waals surface area contributed by atoms with Gasteiger partial charge >= 0.3 is 0 Å². The normalized spacial score (nSPS) is 58.6. The predicted molar refractivity (Wildman–Crippen MR) is 127 cm³/mol. The largest absolute Gasteiger partial charge is 0.393 e. The first-order valence-electron chi connectivity index (χ1n) is 13.9. The summed E-state index contributed by atoms with van der Waals surface area (Å²) in [6, 6.07) is 0.267. The molecule has 6 rings (SSSR count). The molecule has 6 fully saturated rings. The van der Waals surface area contributed by atoms with Crippen LogP contribution in [0.1, 0.15) is 92.9 Å². The molecule has 0 aromatic heterocycles. The van der Waals surface area contributed by atoms with Gasteiger partial charge in [0.15, 0.2) is 0 Å². The van der Waals surface area contributed by atoms with Crippen LogP contribution in [0.25, 0.3) is 0 Å². The van der Waals surface area contributed by atoms with Crippen LogP contribution in [0.5, 0.6) is 0 Å². The van der Waals surface area contributed by atoms with E-state index in [-0.39, 0.29) is 46.8 Å². The summed E-state index contributed by atoms with van der Waals surface area (Å²) in [7, 11) is 0. The predicted octanol–water partition coefficient (Wildman–Crippen LogP) is 5.01. The molecule has 194 valence electrons. The first-order valence-corrected chi connectivity index (χ1v) is 13.9. The lowest BCUT2D eigenvalue weighted by molar-refractivity contribution is -0.185. The van der Waals surface area contributed by atoms with Gasteiger partial charge < -0.3 is 14.9 Å². The van der Waals surface area contributed by atoms with Crippen LogP contribution in [0, 0.1) is 34.5 Å². The molecule has 3 saturated carbocycles. The number of aliphatic hydroxyl groups is 2. The number of piperidine rings is 2. The van der Waals surface area contributed by atoms with Gasteiger partial charge in [0.25, 0.3) is 5.92 Å². The summed E-state index contributed by atoms with van der Waals surface area (Å²) in [6.45, 7) is 13.2. The molecule has 3 aliphatic heterocycles. The van der Waals surface area contributed by atoms with Crippen LogP contribution in [0.3, 0.4) is 0 Å². The third-order valence-corrected chi connectivity index (χ3v) is 12.7. The highest BCUT2D eigenvalue weighted by Crippen LogP contribution is 2.82. The molecule has 0 aromatic rings. The van der Waals surface area contributed by atoms with Gasteiger partial charge in [0, 0.05) is 29.8 Å². The molecule has 2 N–H and O–H groups in total. The van der Waals surface area contributed by atoms with Crippen molar-refractivity contribution in [3.8, 4) is 0 Å². The second-order valence-corrected chi connectivity index (χ2v) is 14.2. The van der Waals surface area contributed by atoms with E-state index in [1.54, 1.807) is 6.92 Å². The van der Waals surface area contributed by atoms with Crippen LogP contribution in [0.15, 0.2) is 0 Å². The van der Waals surface area contributed by atoms with Crippen molar-refractivity contribution in [1.82, 2.24) is 4.90 Å². The molecule has 3 heterocycles. The summed E-state index contributed by atoms with van der Waals surface area (Å²) in [6.07, 6.45) is 5.35. The van der Waals surface area contributed by atoms with Crippen LogP contribution in [0.2, 0.25) is 0 Å². The smallest absolute Gasteiger partial charge is 0.250 e. The highest BCUT2D eigenvalue weighted by molar-refractivity contribution is 5.36. The van der Waals surface area contributed by atoms with Crippen molar-refractivity contribution in [2.24, 2.45) is 34.5 Å². The van der Waals surface area contributed by atoms with E-state index in [2.05, 4.69) is 25.7 Å². The second-order valence-electron chi connectivity index (χ2n) is 14.2. The monoisotopic (exact) mass is 481 g/mol. The number of ether oxygens (including phenoxy) is 1. The lowest BCUT2D eigenvalue weighted by Gasteiger charge is -2.59. The van der Waals surface area contributed by atoms with Gasteiger partial charge in [0.05, 0.1) is 23.4 Å². The van der Waals surface area contributed by atoms with Crippen molar-refractivity contribution in [3.05, 3.63) is 0 Å². The Morgan fingerprint density at radius 3 is 2.35 bits per heavy atom. The van der Waals surface area contributed by atoms with Crippen molar-refractivity contribution in [2.75, 3.05) is 6.54 Å². The summed E-state index contributed by atoms with van der Waals surface area (Å²) < 4.78 is 36.1. The van der Waals surface area contributed by atoms with E-state index in [0.29, 0.717) is 12.3 Å². The summed E-state index contributed by atoms with van der Waals surface area (Å²) in [4.78, 5) is 2.73. The maximum absolute atomic E-state index is 14.7. The molecule has 11 atom stereocenters. The molecule has 0 radical (unpaired) electrons. The average Bonchev–Trinajstić information content (AvgIpc) is 2.99.